The van der Waals surface area contributed by atoms with E-state index in [0.717, 1.165) is 5.39 Å². The molecule has 0 bridgehead atoms. The number of nitrogens with zero attached hydrogens (tertiary/aromatic N) is 1. The molecule has 0 atom stereocenters. The van der Waals surface area contributed by atoms with Gasteiger partial charge >= 0.3 is 0 Å². The number of amides is 2. The second-order valence-corrected chi connectivity index (χ2v) is 4.19. The number of carbonyl (C=O) groups excluding carboxylic acids is 2. The fourth-order valence-electron chi connectivity index (χ4n) is 1.84. The van der Waals surface area contributed by atoms with Gasteiger partial charge in [0.15, 0.2) is 5.76 Å². The lowest BCUT2D eigenvalue weighted by atomic mass is 10.2. The summed E-state index contributed by atoms with van der Waals surface area (Å²) in [6.45, 7) is 2.01. The quantitative estimate of drug-likeness (QED) is 0.800. The Morgan fingerprint density at radius 2 is 2.05 bits per heavy atom. The van der Waals surface area contributed by atoms with Gasteiger partial charge in [-0.3, -0.25) is 9.59 Å². The number of carbonyl (C=O) groups is 2. The van der Waals surface area contributed by atoms with E-state index < -0.39 is 5.91 Å². The summed E-state index contributed by atoms with van der Waals surface area (Å²) in [6, 6.07) is 6.73. The van der Waals surface area contributed by atoms with Crippen LogP contribution in [0.4, 0.5) is 5.69 Å². The lowest BCUT2D eigenvalue weighted by Gasteiger charge is -2.17. The van der Waals surface area contributed by atoms with Crippen molar-refractivity contribution in [3.05, 3.63) is 30.0 Å². The minimum absolute atomic E-state index is 0.130. The predicted octanol–water partition coefficient (Wildman–Crippen LogP) is 0.962. The van der Waals surface area contributed by atoms with Gasteiger partial charge < -0.3 is 20.8 Å². The highest BCUT2D eigenvalue weighted by Gasteiger charge is 2.20. The first-order chi connectivity index (χ1) is 9.01. The number of fused-ring (bicyclic) bond motifs is 1. The average Bonchev–Trinajstić information content (AvgIpc) is 2.77. The van der Waals surface area contributed by atoms with Crippen molar-refractivity contribution in [2.75, 3.05) is 18.8 Å². The maximum absolute atomic E-state index is 12.2. The molecule has 2 aromatic rings. The fraction of sp³-hybridized carbons (Fsp3) is 0.231. The number of rotatable bonds is 4. The first kappa shape index (κ1) is 12.9. The Hall–Kier alpha value is -2.50. The van der Waals surface area contributed by atoms with Gasteiger partial charge in [0.25, 0.3) is 5.91 Å². The molecule has 6 heteroatoms. The van der Waals surface area contributed by atoms with Crippen LogP contribution in [0.5, 0.6) is 0 Å². The van der Waals surface area contributed by atoms with E-state index in [0.29, 0.717) is 17.8 Å². The predicted molar refractivity (Wildman–Crippen MR) is 71.4 cm³/mol. The Kier molecular flexibility index (Phi) is 3.41. The van der Waals surface area contributed by atoms with E-state index in [4.69, 9.17) is 15.9 Å². The molecule has 0 aliphatic carbocycles. The van der Waals surface area contributed by atoms with Crippen LogP contribution in [0.25, 0.3) is 11.0 Å². The lowest BCUT2D eigenvalue weighted by Crippen LogP contribution is -2.38. The van der Waals surface area contributed by atoms with Crippen LogP contribution in [-0.2, 0) is 4.79 Å². The van der Waals surface area contributed by atoms with Gasteiger partial charge in [-0.05, 0) is 31.2 Å². The molecular formula is C13H15N3O3. The zero-order valence-electron chi connectivity index (χ0n) is 10.6. The molecule has 0 saturated carbocycles. The van der Waals surface area contributed by atoms with Crippen LogP contribution < -0.4 is 11.5 Å². The molecule has 0 aliphatic heterocycles. The van der Waals surface area contributed by atoms with Crippen LogP contribution >= 0.6 is 0 Å². The smallest absolute Gasteiger partial charge is 0.290 e. The highest BCUT2D eigenvalue weighted by atomic mass is 16.3. The van der Waals surface area contributed by atoms with Crippen LogP contribution in [0.2, 0.25) is 0 Å². The minimum atomic E-state index is -0.560. The molecular weight excluding hydrogens is 246 g/mol. The van der Waals surface area contributed by atoms with Gasteiger partial charge in [0, 0.05) is 17.6 Å². The Morgan fingerprint density at radius 3 is 2.68 bits per heavy atom. The van der Waals surface area contributed by atoms with Gasteiger partial charge in [0.2, 0.25) is 5.91 Å². The van der Waals surface area contributed by atoms with Crippen molar-refractivity contribution in [1.29, 1.82) is 0 Å². The highest BCUT2D eigenvalue weighted by Crippen LogP contribution is 2.22. The molecule has 6 nitrogen and oxygen atoms in total. The van der Waals surface area contributed by atoms with E-state index >= 15 is 0 Å². The van der Waals surface area contributed by atoms with Gasteiger partial charge in [0.1, 0.15) is 5.58 Å². The van der Waals surface area contributed by atoms with Crippen molar-refractivity contribution in [3.63, 3.8) is 0 Å². The number of likely N-dealkylation sites (N-methyl/N-ethyl adjacent to an activating group) is 1. The van der Waals surface area contributed by atoms with Crippen molar-refractivity contribution < 1.29 is 14.0 Å². The number of hydrogen-bond acceptors (Lipinski definition) is 4. The number of anilines is 1. The van der Waals surface area contributed by atoms with Gasteiger partial charge in [-0.25, -0.2) is 0 Å². The van der Waals surface area contributed by atoms with Crippen molar-refractivity contribution in [2.45, 2.75) is 6.92 Å². The van der Waals surface area contributed by atoms with Crippen molar-refractivity contribution in [1.82, 2.24) is 4.90 Å². The van der Waals surface area contributed by atoms with E-state index in [1.165, 1.54) is 4.90 Å². The molecule has 0 saturated heterocycles. The average molecular weight is 261 g/mol. The summed E-state index contributed by atoms with van der Waals surface area (Å²) in [4.78, 5) is 24.4. The number of nitrogen functional groups attached to an aromatic ring is 1. The van der Waals surface area contributed by atoms with E-state index in [1.54, 1.807) is 31.2 Å². The number of nitrogens with two attached hydrogens (primary N) is 2. The van der Waals surface area contributed by atoms with Gasteiger partial charge in [-0.15, -0.1) is 0 Å². The summed E-state index contributed by atoms with van der Waals surface area (Å²) < 4.78 is 5.45. The Labute approximate surface area is 109 Å². The summed E-state index contributed by atoms with van der Waals surface area (Å²) in [6.07, 6.45) is 0. The van der Waals surface area contributed by atoms with E-state index in [9.17, 15) is 9.59 Å². The molecule has 19 heavy (non-hydrogen) atoms. The molecule has 1 heterocycles. The third kappa shape index (κ3) is 2.67. The third-order valence-electron chi connectivity index (χ3n) is 2.77. The van der Waals surface area contributed by atoms with Crippen molar-refractivity contribution in [2.24, 2.45) is 5.73 Å². The molecule has 0 fully saturated rings. The fourth-order valence-corrected chi connectivity index (χ4v) is 1.84. The molecule has 100 valence electrons. The van der Waals surface area contributed by atoms with E-state index in [2.05, 4.69) is 0 Å². The maximum atomic E-state index is 12.2. The number of hydrogen-bond donors (Lipinski definition) is 2. The monoisotopic (exact) mass is 261 g/mol. The van der Waals surface area contributed by atoms with Gasteiger partial charge in [-0.1, -0.05) is 0 Å². The number of primary amides is 1. The number of furan rings is 1. The lowest BCUT2D eigenvalue weighted by molar-refractivity contribution is -0.118. The van der Waals surface area contributed by atoms with Crippen LogP contribution in [-0.4, -0.2) is 29.8 Å². The van der Waals surface area contributed by atoms with Crippen LogP contribution in [0.3, 0.4) is 0 Å². The zero-order valence-corrected chi connectivity index (χ0v) is 10.6. The SMILES string of the molecule is CCN(CC(N)=O)C(=O)c1cc2cc(N)ccc2o1. The van der Waals surface area contributed by atoms with Gasteiger partial charge in [0.05, 0.1) is 6.54 Å². The first-order valence-corrected chi connectivity index (χ1v) is 5.88. The molecule has 4 N–H and O–H groups in total. The second-order valence-electron chi connectivity index (χ2n) is 4.19. The second kappa shape index (κ2) is 5.01. The van der Waals surface area contributed by atoms with E-state index in [-0.39, 0.29) is 18.2 Å². The van der Waals surface area contributed by atoms with Crippen molar-refractivity contribution in [3.8, 4) is 0 Å². The third-order valence-corrected chi connectivity index (χ3v) is 2.77. The zero-order chi connectivity index (χ0) is 14.0. The van der Waals surface area contributed by atoms with E-state index in [1.807, 2.05) is 0 Å². The molecule has 0 spiro atoms. The van der Waals surface area contributed by atoms with Crippen LogP contribution in [0, 0.1) is 0 Å². The molecule has 0 aliphatic rings. The first-order valence-electron chi connectivity index (χ1n) is 5.88. The molecule has 2 amide bonds. The molecule has 0 radical (unpaired) electrons. The normalized spacial score (nSPS) is 10.6. The summed E-state index contributed by atoms with van der Waals surface area (Å²) in [5, 5.41) is 0.749. The summed E-state index contributed by atoms with van der Waals surface area (Å²) in [5.74, 6) is -0.754. The molecule has 0 unspecified atom stereocenters. The standard InChI is InChI=1S/C13H15N3O3/c1-2-16(7-12(15)17)13(18)11-6-8-5-9(14)3-4-10(8)19-11/h3-6H,2,7,14H2,1H3,(H2,15,17). The molecule has 1 aromatic carbocycles. The Morgan fingerprint density at radius 1 is 1.32 bits per heavy atom. The van der Waals surface area contributed by atoms with Crippen LogP contribution in [0.15, 0.2) is 28.7 Å². The number of benzene rings is 1. The Balaban J connectivity index is 2.32. The molecule has 2 rings (SSSR count). The largest absolute Gasteiger partial charge is 0.451 e. The summed E-state index contributed by atoms with van der Waals surface area (Å²) in [5.41, 5.74) is 11.9. The van der Waals surface area contributed by atoms with Crippen LogP contribution in [0.1, 0.15) is 17.5 Å². The Bertz CT molecular complexity index is 633. The topological polar surface area (TPSA) is 103 Å². The highest BCUT2D eigenvalue weighted by molar-refractivity contribution is 5.98. The minimum Gasteiger partial charge on any atom is -0.451 e. The summed E-state index contributed by atoms with van der Waals surface area (Å²) >= 11 is 0. The summed E-state index contributed by atoms with van der Waals surface area (Å²) in [7, 11) is 0. The van der Waals surface area contributed by atoms with Crippen molar-refractivity contribution >= 4 is 28.5 Å². The van der Waals surface area contributed by atoms with Gasteiger partial charge in [-0.2, -0.15) is 0 Å². The molecule has 1 aromatic heterocycles. The maximum Gasteiger partial charge on any atom is 0.290 e.